The van der Waals surface area contributed by atoms with E-state index < -0.39 is 51.2 Å². The molecule has 2 heterocycles. The molecule has 0 aliphatic carbocycles. The summed E-state index contributed by atoms with van der Waals surface area (Å²) in [5.74, 6) is -4.08. The summed E-state index contributed by atoms with van der Waals surface area (Å²) in [7, 11) is -4.11. The summed E-state index contributed by atoms with van der Waals surface area (Å²) in [6.45, 7) is 3.55. The molecule has 1 aromatic carbocycles. The van der Waals surface area contributed by atoms with Crippen LogP contribution in [-0.2, 0) is 37.2 Å². The number of amides is 1. The van der Waals surface area contributed by atoms with Crippen molar-refractivity contribution in [3.8, 4) is 0 Å². The topological polar surface area (TPSA) is 135 Å². The van der Waals surface area contributed by atoms with Gasteiger partial charge < -0.3 is 5.32 Å². The van der Waals surface area contributed by atoms with Crippen molar-refractivity contribution in [2.75, 3.05) is 6.54 Å². The smallest absolute Gasteiger partial charge is 0.287 e. The molecular formula is C20H23FN4O5S2. The van der Waals surface area contributed by atoms with Crippen LogP contribution in [0.2, 0.25) is 0 Å². The zero-order chi connectivity index (χ0) is 23.5. The van der Waals surface area contributed by atoms with Crippen molar-refractivity contribution in [2.24, 2.45) is 11.8 Å². The molecule has 1 aliphatic rings. The molecule has 1 amide bonds. The van der Waals surface area contributed by atoms with Crippen LogP contribution in [0.25, 0.3) is 0 Å². The largest absolute Gasteiger partial charge is 0.349 e. The van der Waals surface area contributed by atoms with E-state index in [1.165, 1.54) is 11.3 Å². The second-order valence-corrected chi connectivity index (χ2v) is 10.7. The normalized spacial score (nSPS) is 18.3. The van der Waals surface area contributed by atoms with Crippen molar-refractivity contribution in [1.82, 2.24) is 20.2 Å². The zero-order valence-corrected chi connectivity index (χ0v) is 19.1. The van der Waals surface area contributed by atoms with Crippen LogP contribution in [0.1, 0.15) is 30.3 Å². The highest BCUT2D eigenvalue weighted by Gasteiger charge is 2.34. The quantitative estimate of drug-likeness (QED) is 0.563. The third kappa shape index (κ3) is 5.81. The molecule has 0 spiro atoms. The Bertz CT molecular complexity index is 1120. The fourth-order valence-electron chi connectivity index (χ4n) is 3.29. The van der Waals surface area contributed by atoms with Gasteiger partial charge in [-0.25, -0.2) is 17.5 Å². The summed E-state index contributed by atoms with van der Waals surface area (Å²) in [6, 6.07) is 3.08. The van der Waals surface area contributed by atoms with E-state index in [2.05, 4.69) is 20.2 Å². The van der Waals surface area contributed by atoms with Crippen molar-refractivity contribution in [1.29, 1.82) is 0 Å². The van der Waals surface area contributed by atoms with Gasteiger partial charge in [0.2, 0.25) is 15.8 Å². The maximum absolute atomic E-state index is 13.1. The first-order valence-electron chi connectivity index (χ1n) is 10.0. The highest BCUT2D eigenvalue weighted by atomic mass is 32.2. The predicted molar refractivity (Wildman–Crippen MR) is 114 cm³/mol. The lowest BCUT2D eigenvalue weighted by Crippen LogP contribution is -2.46. The Morgan fingerprint density at radius 3 is 2.53 bits per heavy atom. The van der Waals surface area contributed by atoms with Gasteiger partial charge in [-0.05, 0) is 30.2 Å². The molecule has 2 aromatic rings. The van der Waals surface area contributed by atoms with E-state index >= 15 is 0 Å². The average Bonchev–Trinajstić information content (AvgIpc) is 3.17. The average molecular weight is 483 g/mol. The van der Waals surface area contributed by atoms with Crippen LogP contribution < -0.4 is 10.0 Å². The third-order valence-electron chi connectivity index (χ3n) is 5.02. The van der Waals surface area contributed by atoms with Crippen LogP contribution in [0.15, 0.2) is 29.2 Å². The number of Topliss-reactive ketones (excluding diaryl/α,β-unsaturated/α-hetero) is 2. The van der Waals surface area contributed by atoms with Gasteiger partial charge in [0, 0.05) is 31.7 Å². The van der Waals surface area contributed by atoms with Gasteiger partial charge in [0.05, 0.1) is 10.9 Å². The lowest BCUT2D eigenvalue weighted by Gasteiger charge is -2.23. The van der Waals surface area contributed by atoms with E-state index in [1.54, 1.807) is 13.8 Å². The van der Waals surface area contributed by atoms with Gasteiger partial charge >= 0.3 is 0 Å². The maximum atomic E-state index is 13.1. The number of aromatic nitrogens is 2. The van der Waals surface area contributed by atoms with Crippen molar-refractivity contribution >= 4 is 38.8 Å². The number of nitrogens with one attached hydrogen (secondary N) is 2. The number of nitrogens with zero attached hydrogens (tertiary/aromatic N) is 2. The number of fused-ring (bicyclic) bond motifs is 2. The SMILES string of the molecule is CC(C)C(NS(=O)(=O)c1ccc(F)cc1)C(=O)CC1Cc2nnc(s2)CCNC(=O)C1=O. The molecule has 1 aliphatic heterocycles. The predicted octanol–water partition coefficient (Wildman–Crippen LogP) is 1.04. The molecule has 172 valence electrons. The van der Waals surface area contributed by atoms with Gasteiger partial charge in [-0.2, -0.15) is 0 Å². The van der Waals surface area contributed by atoms with Gasteiger partial charge in [-0.15, -0.1) is 21.5 Å². The van der Waals surface area contributed by atoms with E-state index in [9.17, 15) is 27.2 Å². The number of halogens is 1. The first kappa shape index (κ1) is 24.1. The zero-order valence-electron chi connectivity index (χ0n) is 17.5. The summed E-state index contributed by atoms with van der Waals surface area (Å²) < 4.78 is 40.9. The summed E-state index contributed by atoms with van der Waals surface area (Å²) in [6.07, 6.45) is 0.183. The summed E-state index contributed by atoms with van der Waals surface area (Å²) in [4.78, 5) is 37.8. The number of benzene rings is 1. The Kier molecular flexibility index (Phi) is 7.47. The fourth-order valence-corrected chi connectivity index (χ4v) is 5.58. The molecule has 2 N–H and O–H groups in total. The monoisotopic (exact) mass is 482 g/mol. The second-order valence-electron chi connectivity index (χ2n) is 7.83. The third-order valence-corrected chi connectivity index (χ3v) is 7.48. The molecule has 32 heavy (non-hydrogen) atoms. The molecule has 2 atom stereocenters. The van der Waals surface area contributed by atoms with E-state index in [1.807, 2.05) is 0 Å². The Hall–Kier alpha value is -2.57. The van der Waals surface area contributed by atoms with Crippen molar-refractivity contribution < 1.29 is 27.2 Å². The van der Waals surface area contributed by atoms with Crippen molar-refractivity contribution in [3.63, 3.8) is 0 Å². The van der Waals surface area contributed by atoms with Crippen LogP contribution >= 0.6 is 11.3 Å². The number of carbonyl (C=O) groups is 3. The minimum absolute atomic E-state index is 0.0607. The molecule has 2 unspecified atom stereocenters. The molecular weight excluding hydrogens is 459 g/mol. The Morgan fingerprint density at radius 2 is 1.88 bits per heavy atom. The van der Waals surface area contributed by atoms with Crippen LogP contribution in [-0.4, -0.2) is 48.7 Å². The number of ketones is 2. The molecule has 12 heteroatoms. The number of hydrogen-bond acceptors (Lipinski definition) is 8. The lowest BCUT2D eigenvalue weighted by atomic mass is 9.88. The van der Waals surface area contributed by atoms with E-state index in [4.69, 9.17) is 0 Å². The summed E-state index contributed by atoms with van der Waals surface area (Å²) in [5, 5.41) is 11.8. The Labute approximate surface area is 188 Å². The molecule has 0 saturated carbocycles. The molecule has 0 saturated heterocycles. The highest BCUT2D eigenvalue weighted by Crippen LogP contribution is 2.22. The number of hydrogen-bond donors (Lipinski definition) is 2. The van der Waals surface area contributed by atoms with Crippen LogP contribution in [0.3, 0.4) is 0 Å². The second kappa shape index (κ2) is 9.92. The molecule has 3 rings (SSSR count). The Balaban J connectivity index is 1.81. The first-order chi connectivity index (χ1) is 15.1. The molecule has 2 bridgehead atoms. The standard InChI is InChI=1S/C20H23FN4O5S2/c1-11(2)18(25-32(29,30)14-5-3-13(21)4-6-14)15(26)9-12-10-17-24-23-16(31-17)7-8-22-20(28)19(12)27/h3-6,11-12,18,25H,7-10H2,1-2H3,(H,22,28). The number of sulfonamides is 1. The summed E-state index contributed by atoms with van der Waals surface area (Å²) >= 11 is 1.31. The number of carbonyl (C=O) groups excluding carboxylic acids is 3. The van der Waals surface area contributed by atoms with Gasteiger partial charge in [0.15, 0.2) is 5.78 Å². The Morgan fingerprint density at radius 1 is 1.22 bits per heavy atom. The minimum atomic E-state index is -4.11. The number of rotatable bonds is 7. The van der Waals surface area contributed by atoms with Gasteiger partial charge in [-0.3, -0.25) is 14.4 Å². The van der Waals surface area contributed by atoms with Crippen molar-refractivity contribution in [2.45, 2.75) is 44.0 Å². The van der Waals surface area contributed by atoms with Crippen LogP contribution in [0, 0.1) is 17.7 Å². The minimum Gasteiger partial charge on any atom is -0.349 e. The van der Waals surface area contributed by atoms with Crippen molar-refractivity contribution in [3.05, 3.63) is 40.1 Å². The van der Waals surface area contributed by atoms with Crippen LogP contribution in [0.5, 0.6) is 0 Å². The van der Waals surface area contributed by atoms with Gasteiger partial charge in [-0.1, -0.05) is 13.8 Å². The van der Waals surface area contributed by atoms with E-state index in [0.717, 1.165) is 24.3 Å². The molecule has 9 nitrogen and oxygen atoms in total. The lowest BCUT2D eigenvalue weighted by molar-refractivity contribution is -0.141. The summed E-state index contributed by atoms with van der Waals surface area (Å²) in [5.41, 5.74) is 0. The molecule has 1 aromatic heterocycles. The first-order valence-corrected chi connectivity index (χ1v) is 12.3. The molecule has 0 fully saturated rings. The van der Waals surface area contributed by atoms with E-state index in [0.29, 0.717) is 16.4 Å². The maximum Gasteiger partial charge on any atom is 0.287 e. The fraction of sp³-hybridized carbons (Fsp3) is 0.450. The highest BCUT2D eigenvalue weighted by molar-refractivity contribution is 7.89. The van der Waals surface area contributed by atoms with E-state index in [-0.39, 0.29) is 24.3 Å². The van der Waals surface area contributed by atoms with Crippen LogP contribution in [0.4, 0.5) is 4.39 Å². The molecule has 0 radical (unpaired) electrons. The van der Waals surface area contributed by atoms with Gasteiger partial charge in [0.1, 0.15) is 15.8 Å². The van der Waals surface area contributed by atoms with Gasteiger partial charge in [0.25, 0.3) is 5.91 Å².